The monoisotopic (exact) mass is 333 g/mol. The van der Waals surface area contributed by atoms with Crippen LogP contribution in [-0.4, -0.2) is 20.1 Å². The summed E-state index contributed by atoms with van der Waals surface area (Å²) in [6.45, 7) is 0. The van der Waals surface area contributed by atoms with Gasteiger partial charge in [-0.15, -0.1) is 0 Å². The van der Waals surface area contributed by atoms with Crippen molar-refractivity contribution in [1.82, 2.24) is 0 Å². The number of rotatable bonds is 5. The van der Waals surface area contributed by atoms with E-state index in [2.05, 4.69) is 0 Å². The fourth-order valence-electron chi connectivity index (χ4n) is 2.56. The summed E-state index contributed by atoms with van der Waals surface area (Å²) in [5.41, 5.74) is 2.15. The molecule has 0 aromatic heterocycles. The molecule has 126 valence electrons. The first kappa shape index (κ1) is 16.6. The number of anilines is 2. The number of hydrogen-bond donors (Lipinski definition) is 0. The van der Waals surface area contributed by atoms with Crippen molar-refractivity contribution in [3.63, 3.8) is 0 Å². The lowest BCUT2D eigenvalue weighted by atomic mass is 10.1. The number of ether oxygens (including phenoxy) is 2. The molecular weight excluding hydrogens is 314 g/mol. The molecule has 3 aromatic carbocycles. The van der Waals surface area contributed by atoms with Gasteiger partial charge < -0.3 is 9.47 Å². The maximum Gasteiger partial charge on any atom is 0.262 e. The molecule has 0 fully saturated rings. The summed E-state index contributed by atoms with van der Waals surface area (Å²) in [4.78, 5) is 14.8. The van der Waals surface area contributed by atoms with E-state index in [1.54, 1.807) is 19.1 Å². The zero-order valence-corrected chi connectivity index (χ0v) is 14.2. The Morgan fingerprint density at radius 2 is 1.12 bits per heavy atom. The molecular formula is C21H19NO3. The van der Waals surface area contributed by atoms with Crippen LogP contribution in [0, 0.1) is 0 Å². The van der Waals surface area contributed by atoms with Gasteiger partial charge in [-0.05, 0) is 60.7 Å². The highest BCUT2D eigenvalue weighted by atomic mass is 16.5. The van der Waals surface area contributed by atoms with E-state index in [1.807, 2.05) is 78.9 Å². The number of nitrogens with zero attached hydrogens (tertiary/aromatic N) is 1. The van der Waals surface area contributed by atoms with Crippen molar-refractivity contribution in [1.29, 1.82) is 0 Å². The van der Waals surface area contributed by atoms with Crippen LogP contribution >= 0.6 is 0 Å². The van der Waals surface area contributed by atoms with Gasteiger partial charge in [-0.2, -0.15) is 0 Å². The van der Waals surface area contributed by atoms with Crippen LogP contribution in [0.15, 0.2) is 78.9 Å². The highest BCUT2D eigenvalue weighted by molar-refractivity contribution is 6.10. The number of hydrogen-bond acceptors (Lipinski definition) is 3. The molecule has 0 atom stereocenters. The summed E-state index contributed by atoms with van der Waals surface area (Å²) in [6.07, 6.45) is 0. The minimum absolute atomic E-state index is 0.101. The summed E-state index contributed by atoms with van der Waals surface area (Å²) in [7, 11) is 3.23. The molecule has 1 amide bonds. The second-order valence-corrected chi connectivity index (χ2v) is 5.40. The Kier molecular flexibility index (Phi) is 5.00. The standard InChI is InChI=1S/C21H19NO3/c1-24-19-12-8-17(9-13-19)22(18-10-14-20(25-2)15-11-18)21(23)16-6-4-3-5-7-16/h3-15H,1-2H3. The summed E-state index contributed by atoms with van der Waals surface area (Å²) in [6, 6.07) is 24.0. The van der Waals surface area contributed by atoms with Crippen molar-refractivity contribution in [2.24, 2.45) is 0 Å². The molecule has 0 saturated carbocycles. The van der Waals surface area contributed by atoms with Gasteiger partial charge in [-0.25, -0.2) is 0 Å². The van der Waals surface area contributed by atoms with Crippen LogP contribution in [0.2, 0.25) is 0 Å². The van der Waals surface area contributed by atoms with Gasteiger partial charge >= 0.3 is 0 Å². The molecule has 25 heavy (non-hydrogen) atoms. The third-order valence-electron chi connectivity index (χ3n) is 3.89. The number of amides is 1. The Morgan fingerprint density at radius 3 is 1.52 bits per heavy atom. The van der Waals surface area contributed by atoms with Gasteiger partial charge in [0.15, 0.2) is 0 Å². The van der Waals surface area contributed by atoms with Crippen LogP contribution in [0.3, 0.4) is 0 Å². The normalized spacial score (nSPS) is 10.2. The van der Waals surface area contributed by atoms with Gasteiger partial charge in [0.25, 0.3) is 5.91 Å². The Bertz CT molecular complexity index is 780. The highest BCUT2D eigenvalue weighted by Crippen LogP contribution is 2.30. The molecule has 3 aromatic rings. The van der Waals surface area contributed by atoms with Crippen LogP contribution < -0.4 is 14.4 Å². The molecule has 0 saturated heterocycles. The lowest BCUT2D eigenvalue weighted by Crippen LogP contribution is -2.25. The largest absolute Gasteiger partial charge is 0.497 e. The molecule has 0 aliphatic carbocycles. The quantitative estimate of drug-likeness (QED) is 0.680. The highest BCUT2D eigenvalue weighted by Gasteiger charge is 2.19. The lowest BCUT2D eigenvalue weighted by Gasteiger charge is -2.23. The van der Waals surface area contributed by atoms with Gasteiger partial charge in [-0.3, -0.25) is 9.69 Å². The van der Waals surface area contributed by atoms with Gasteiger partial charge in [-0.1, -0.05) is 18.2 Å². The Labute approximate surface area is 147 Å². The van der Waals surface area contributed by atoms with E-state index in [-0.39, 0.29) is 5.91 Å². The second-order valence-electron chi connectivity index (χ2n) is 5.40. The van der Waals surface area contributed by atoms with E-state index in [1.165, 1.54) is 0 Å². The third kappa shape index (κ3) is 3.63. The Morgan fingerprint density at radius 1 is 0.680 bits per heavy atom. The smallest absolute Gasteiger partial charge is 0.262 e. The maximum atomic E-state index is 13.1. The molecule has 0 radical (unpaired) electrons. The second kappa shape index (κ2) is 7.53. The van der Waals surface area contributed by atoms with E-state index in [4.69, 9.17) is 9.47 Å². The molecule has 4 heteroatoms. The van der Waals surface area contributed by atoms with Crippen molar-refractivity contribution in [2.45, 2.75) is 0 Å². The van der Waals surface area contributed by atoms with Crippen LogP contribution in [0.25, 0.3) is 0 Å². The number of benzene rings is 3. The number of carbonyl (C=O) groups excluding carboxylic acids is 1. The molecule has 0 N–H and O–H groups in total. The van der Waals surface area contributed by atoms with E-state index in [0.717, 1.165) is 22.9 Å². The first-order valence-corrected chi connectivity index (χ1v) is 7.90. The van der Waals surface area contributed by atoms with E-state index in [0.29, 0.717) is 5.56 Å². The van der Waals surface area contributed by atoms with Crippen LogP contribution in [0.5, 0.6) is 11.5 Å². The molecule has 0 bridgehead atoms. The average Bonchev–Trinajstić information content (AvgIpc) is 2.70. The molecule has 4 nitrogen and oxygen atoms in total. The summed E-state index contributed by atoms with van der Waals surface area (Å²) in [5.74, 6) is 1.38. The van der Waals surface area contributed by atoms with Gasteiger partial charge in [0, 0.05) is 16.9 Å². The van der Waals surface area contributed by atoms with Crippen molar-refractivity contribution in [2.75, 3.05) is 19.1 Å². The van der Waals surface area contributed by atoms with Crippen LogP contribution in [0.4, 0.5) is 11.4 Å². The van der Waals surface area contributed by atoms with Crippen molar-refractivity contribution >= 4 is 17.3 Å². The van der Waals surface area contributed by atoms with Crippen molar-refractivity contribution in [3.8, 4) is 11.5 Å². The summed E-state index contributed by atoms with van der Waals surface area (Å²) >= 11 is 0. The molecule has 3 rings (SSSR count). The SMILES string of the molecule is COc1ccc(N(C(=O)c2ccccc2)c2ccc(OC)cc2)cc1. The average molecular weight is 333 g/mol. The maximum absolute atomic E-state index is 13.1. The fraction of sp³-hybridized carbons (Fsp3) is 0.0952. The summed E-state index contributed by atoms with van der Waals surface area (Å²) < 4.78 is 10.4. The summed E-state index contributed by atoms with van der Waals surface area (Å²) in [5, 5.41) is 0. The fourth-order valence-corrected chi connectivity index (χ4v) is 2.56. The third-order valence-corrected chi connectivity index (χ3v) is 3.89. The molecule has 0 heterocycles. The van der Waals surface area contributed by atoms with Crippen molar-refractivity contribution in [3.05, 3.63) is 84.4 Å². The molecule has 0 aliphatic heterocycles. The zero-order chi connectivity index (χ0) is 17.6. The molecule has 0 spiro atoms. The lowest BCUT2D eigenvalue weighted by molar-refractivity contribution is 0.0999. The zero-order valence-electron chi connectivity index (χ0n) is 14.2. The molecule has 0 aliphatic rings. The van der Waals surface area contributed by atoms with Gasteiger partial charge in [0.2, 0.25) is 0 Å². The first-order chi connectivity index (χ1) is 12.2. The topological polar surface area (TPSA) is 38.8 Å². The van der Waals surface area contributed by atoms with E-state index >= 15 is 0 Å². The number of methoxy groups -OCH3 is 2. The van der Waals surface area contributed by atoms with Crippen LogP contribution in [-0.2, 0) is 0 Å². The minimum atomic E-state index is -0.101. The first-order valence-electron chi connectivity index (χ1n) is 7.90. The number of carbonyl (C=O) groups is 1. The Balaban J connectivity index is 2.04. The predicted octanol–water partition coefficient (Wildman–Crippen LogP) is 4.68. The van der Waals surface area contributed by atoms with E-state index in [9.17, 15) is 4.79 Å². The predicted molar refractivity (Wildman–Crippen MR) is 98.9 cm³/mol. The Hall–Kier alpha value is -3.27. The molecule has 0 unspecified atom stereocenters. The minimum Gasteiger partial charge on any atom is -0.497 e. The van der Waals surface area contributed by atoms with Gasteiger partial charge in [0.05, 0.1) is 14.2 Å². The van der Waals surface area contributed by atoms with E-state index < -0.39 is 0 Å². The van der Waals surface area contributed by atoms with Gasteiger partial charge in [0.1, 0.15) is 11.5 Å². The van der Waals surface area contributed by atoms with Crippen LogP contribution in [0.1, 0.15) is 10.4 Å². The van der Waals surface area contributed by atoms with Crippen molar-refractivity contribution < 1.29 is 14.3 Å².